The number of amides is 1. The van der Waals surface area contributed by atoms with Gasteiger partial charge >= 0.3 is 0 Å². The molecule has 3 aliphatic rings. The third kappa shape index (κ3) is 2.24. The molecule has 1 amide bonds. The van der Waals surface area contributed by atoms with E-state index in [1.807, 2.05) is 0 Å². The average Bonchev–Trinajstić information content (AvgIpc) is 2.98. The lowest BCUT2D eigenvalue weighted by Crippen LogP contribution is -2.41. The number of nitrogens with one attached hydrogen (secondary N) is 2. The van der Waals surface area contributed by atoms with Crippen LogP contribution < -0.4 is 10.6 Å². The fraction of sp³-hybridized carbons (Fsp3) is 0.667. The first kappa shape index (κ1) is 16.9. The number of carbonyl (C=O) groups is 1. The number of rotatable bonds is 4. The highest BCUT2D eigenvalue weighted by atomic mass is 16.3. The Bertz CT molecular complexity index is 894. The van der Waals surface area contributed by atoms with Crippen molar-refractivity contribution < 1.29 is 15.0 Å². The van der Waals surface area contributed by atoms with Crippen LogP contribution in [0.5, 0.6) is 0 Å². The minimum Gasteiger partial charge on any atom is -0.389 e. The predicted octanol–water partition coefficient (Wildman–Crippen LogP) is 0.210. The predicted molar refractivity (Wildman–Crippen MR) is 96.9 cm³/mol. The van der Waals surface area contributed by atoms with Gasteiger partial charge in [-0.1, -0.05) is 12.8 Å². The van der Waals surface area contributed by atoms with Crippen LogP contribution in [-0.4, -0.2) is 60.9 Å². The number of imidazole rings is 1. The number of aliphatic hydroxyl groups is 2. The van der Waals surface area contributed by atoms with E-state index >= 15 is 0 Å². The third-order valence-electron chi connectivity index (χ3n) is 6.70. The van der Waals surface area contributed by atoms with Gasteiger partial charge in [0.1, 0.15) is 17.9 Å². The Morgan fingerprint density at radius 1 is 1.26 bits per heavy atom. The fourth-order valence-corrected chi connectivity index (χ4v) is 5.23. The number of anilines is 1. The number of hydrogen-bond acceptors (Lipinski definition) is 7. The summed E-state index contributed by atoms with van der Waals surface area (Å²) in [5, 5.41) is 27.3. The lowest BCUT2D eigenvalue weighted by molar-refractivity contribution is -0.132. The van der Waals surface area contributed by atoms with E-state index < -0.39 is 23.7 Å². The second-order valence-electron chi connectivity index (χ2n) is 8.03. The van der Waals surface area contributed by atoms with E-state index in [9.17, 15) is 15.0 Å². The molecule has 2 heterocycles. The molecule has 3 saturated carbocycles. The second-order valence-corrected chi connectivity index (χ2v) is 8.03. The molecule has 3 aliphatic carbocycles. The molecule has 4 N–H and O–H groups in total. The molecule has 0 spiro atoms. The Balaban J connectivity index is 1.50. The van der Waals surface area contributed by atoms with Gasteiger partial charge in [-0.2, -0.15) is 0 Å². The maximum atomic E-state index is 12.3. The molecular weight excluding hydrogens is 348 g/mol. The van der Waals surface area contributed by atoms with Crippen LogP contribution in [0.3, 0.4) is 0 Å². The molecule has 0 bridgehead atoms. The van der Waals surface area contributed by atoms with E-state index in [4.69, 9.17) is 0 Å². The minimum absolute atomic E-state index is 0.138. The van der Waals surface area contributed by atoms with Gasteiger partial charge < -0.3 is 25.4 Å². The van der Waals surface area contributed by atoms with Crippen molar-refractivity contribution in [3.8, 4) is 0 Å². The quantitative estimate of drug-likeness (QED) is 0.604. The summed E-state index contributed by atoms with van der Waals surface area (Å²) in [6.45, 7) is 0. The van der Waals surface area contributed by atoms with Gasteiger partial charge in [-0.05, 0) is 19.3 Å². The summed E-state index contributed by atoms with van der Waals surface area (Å²) in [5.74, 6) is 0.345. The van der Waals surface area contributed by atoms with Gasteiger partial charge in [0, 0.05) is 19.0 Å². The minimum atomic E-state index is -1.09. The van der Waals surface area contributed by atoms with Gasteiger partial charge in [-0.3, -0.25) is 4.79 Å². The first-order valence-corrected chi connectivity index (χ1v) is 9.60. The van der Waals surface area contributed by atoms with Crippen molar-refractivity contribution in [3.63, 3.8) is 0 Å². The monoisotopic (exact) mass is 372 g/mol. The van der Waals surface area contributed by atoms with Crippen LogP contribution in [0.25, 0.3) is 11.2 Å². The zero-order valence-corrected chi connectivity index (χ0v) is 15.2. The number of aromatic nitrogens is 4. The molecule has 3 fully saturated rings. The van der Waals surface area contributed by atoms with E-state index in [-0.39, 0.29) is 11.8 Å². The Morgan fingerprint density at radius 3 is 2.78 bits per heavy atom. The number of fused-ring (bicyclic) bond motifs is 2. The standard InChI is InChI=1S/C18H24N6O3/c1-19-17(27)18-6-10(18)12(13(25)14(18)26)24-8-22-11-15(20-7-21-16(11)24)23-9-4-2-3-5-9/h7-10,12-14,25-26H,2-6H2,1H3,(H,19,27)(H,20,21,23)/t10-,12-,13+,14+,18+/m1/s1. The molecule has 0 aromatic carbocycles. The SMILES string of the molecule is CNC(=O)[C@@]12C[C@@H]1[C@@H](n1cnc3c(NC4CCCC4)ncnc31)[C@H](O)[C@@H]2O. The van der Waals surface area contributed by atoms with Crippen molar-refractivity contribution in [1.29, 1.82) is 0 Å². The maximum Gasteiger partial charge on any atom is 0.229 e. The summed E-state index contributed by atoms with van der Waals surface area (Å²) < 4.78 is 1.80. The van der Waals surface area contributed by atoms with Crippen LogP contribution >= 0.6 is 0 Å². The average molecular weight is 372 g/mol. The van der Waals surface area contributed by atoms with Crippen molar-refractivity contribution in [3.05, 3.63) is 12.7 Å². The van der Waals surface area contributed by atoms with Crippen LogP contribution in [-0.2, 0) is 4.79 Å². The molecule has 0 aliphatic heterocycles. The van der Waals surface area contributed by atoms with Crippen LogP contribution in [0.4, 0.5) is 5.82 Å². The smallest absolute Gasteiger partial charge is 0.229 e. The summed E-state index contributed by atoms with van der Waals surface area (Å²) in [5.41, 5.74) is 0.360. The molecule has 5 atom stereocenters. The van der Waals surface area contributed by atoms with Gasteiger partial charge in [-0.25, -0.2) is 15.0 Å². The molecule has 27 heavy (non-hydrogen) atoms. The van der Waals surface area contributed by atoms with Crippen molar-refractivity contribution in [2.24, 2.45) is 11.3 Å². The largest absolute Gasteiger partial charge is 0.389 e. The normalized spacial score (nSPS) is 35.4. The molecule has 2 aromatic rings. The molecule has 9 nitrogen and oxygen atoms in total. The summed E-state index contributed by atoms with van der Waals surface area (Å²) in [6.07, 6.45) is 6.22. The van der Waals surface area contributed by atoms with E-state index in [1.54, 1.807) is 17.9 Å². The molecule has 0 unspecified atom stereocenters. The number of nitrogens with zero attached hydrogens (tertiary/aromatic N) is 4. The van der Waals surface area contributed by atoms with E-state index in [2.05, 4.69) is 25.6 Å². The molecule has 0 radical (unpaired) electrons. The van der Waals surface area contributed by atoms with Crippen LogP contribution in [0.1, 0.15) is 38.1 Å². The Labute approximate surface area is 156 Å². The van der Waals surface area contributed by atoms with Gasteiger partial charge in [0.15, 0.2) is 11.5 Å². The molecule has 144 valence electrons. The lowest BCUT2D eigenvalue weighted by Gasteiger charge is -2.23. The van der Waals surface area contributed by atoms with Crippen LogP contribution in [0.2, 0.25) is 0 Å². The zero-order valence-electron chi connectivity index (χ0n) is 15.2. The van der Waals surface area contributed by atoms with Crippen molar-refractivity contribution in [1.82, 2.24) is 24.8 Å². The Morgan fingerprint density at radius 2 is 2.04 bits per heavy atom. The highest BCUT2D eigenvalue weighted by Crippen LogP contribution is 2.67. The van der Waals surface area contributed by atoms with Crippen molar-refractivity contribution in [2.45, 2.75) is 56.4 Å². The number of aliphatic hydroxyl groups excluding tert-OH is 2. The summed E-state index contributed by atoms with van der Waals surface area (Å²) in [6, 6.07) is -0.0343. The topological polar surface area (TPSA) is 125 Å². The molecule has 9 heteroatoms. The second kappa shape index (κ2) is 5.87. The molecule has 0 saturated heterocycles. The fourth-order valence-electron chi connectivity index (χ4n) is 5.23. The number of hydrogen-bond donors (Lipinski definition) is 4. The Kier molecular flexibility index (Phi) is 3.67. The molecule has 2 aromatic heterocycles. The van der Waals surface area contributed by atoms with Crippen LogP contribution in [0.15, 0.2) is 12.7 Å². The molecule has 5 rings (SSSR count). The van der Waals surface area contributed by atoms with Gasteiger partial charge in [-0.15, -0.1) is 0 Å². The van der Waals surface area contributed by atoms with Crippen LogP contribution in [0, 0.1) is 11.3 Å². The molecular formula is C18H24N6O3. The summed E-state index contributed by atoms with van der Waals surface area (Å²) in [7, 11) is 1.56. The van der Waals surface area contributed by atoms with Gasteiger partial charge in [0.05, 0.1) is 23.9 Å². The maximum absolute atomic E-state index is 12.3. The summed E-state index contributed by atoms with van der Waals surface area (Å²) in [4.78, 5) is 25.5. The highest BCUT2D eigenvalue weighted by Gasteiger charge is 2.75. The van der Waals surface area contributed by atoms with Crippen molar-refractivity contribution in [2.75, 3.05) is 12.4 Å². The van der Waals surface area contributed by atoms with E-state index in [1.165, 1.54) is 19.2 Å². The van der Waals surface area contributed by atoms with Crippen molar-refractivity contribution >= 4 is 22.9 Å². The lowest BCUT2D eigenvalue weighted by atomic mass is 9.98. The summed E-state index contributed by atoms with van der Waals surface area (Å²) >= 11 is 0. The highest BCUT2D eigenvalue weighted by molar-refractivity contribution is 5.88. The third-order valence-corrected chi connectivity index (χ3v) is 6.70. The Hall–Kier alpha value is -2.26. The van der Waals surface area contributed by atoms with Gasteiger partial charge in [0.2, 0.25) is 5.91 Å². The number of carbonyl (C=O) groups excluding carboxylic acids is 1. The first-order valence-electron chi connectivity index (χ1n) is 9.60. The van der Waals surface area contributed by atoms with E-state index in [0.29, 0.717) is 29.4 Å². The first-order chi connectivity index (χ1) is 13.1. The van der Waals surface area contributed by atoms with E-state index in [0.717, 1.165) is 12.8 Å². The van der Waals surface area contributed by atoms with Gasteiger partial charge in [0.25, 0.3) is 0 Å². The zero-order chi connectivity index (χ0) is 18.8.